The van der Waals surface area contributed by atoms with Gasteiger partial charge in [-0.25, -0.2) is 4.79 Å². The summed E-state index contributed by atoms with van der Waals surface area (Å²) in [4.78, 5) is 10.3. The fraction of sp³-hybridized carbons (Fsp3) is 0.875. The molecular weight excluding hydrogens is 156 g/mol. The maximum absolute atomic E-state index is 10.3. The van der Waals surface area contributed by atoms with E-state index in [2.05, 4.69) is 10.6 Å². The van der Waals surface area contributed by atoms with Crippen molar-refractivity contribution in [2.45, 2.75) is 18.9 Å². The first-order valence-electron chi connectivity index (χ1n) is 4.46. The monoisotopic (exact) mass is 170 g/mol. The second-order valence-corrected chi connectivity index (χ2v) is 3.80. The second-order valence-electron chi connectivity index (χ2n) is 3.80. The molecule has 0 aromatic carbocycles. The number of rotatable bonds is 1. The summed E-state index contributed by atoms with van der Waals surface area (Å²) in [6.45, 7) is 2.14. The molecule has 2 fully saturated rings. The molecule has 1 aliphatic carbocycles. The maximum atomic E-state index is 10.3. The van der Waals surface area contributed by atoms with Crippen LogP contribution in [0, 0.1) is 11.8 Å². The number of hydrogen-bond donors (Lipinski definition) is 3. The van der Waals surface area contributed by atoms with Crippen molar-refractivity contribution in [3.05, 3.63) is 0 Å². The van der Waals surface area contributed by atoms with E-state index in [-0.39, 0.29) is 6.04 Å². The number of nitrogens with one attached hydrogen (secondary N) is 2. The average Bonchev–Trinajstić information content (AvgIpc) is 2.43. The van der Waals surface area contributed by atoms with Gasteiger partial charge in [0.15, 0.2) is 0 Å². The lowest BCUT2D eigenvalue weighted by Gasteiger charge is -2.09. The minimum atomic E-state index is -0.882. The highest BCUT2D eigenvalue weighted by atomic mass is 16.4. The molecule has 68 valence electrons. The fourth-order valence-corrected chi connectivity index (χ4v) is 2.46. The predicted octanol–water partition coefficient (Wildman–Crippen LogP) is 0.252. The van der Waals surface area contributed by atoms with E-state index >= 15 is 0 Å². The molecule has 3 N–H and O–H groups in total. The standard InChI is InChI=1S/C8H14N2O2/c11-8(12)10-7-1-5-3-9-4-6(5)2-7/h5-7,9-10H,1-4H2,(H,11,12)/t5-,6+,7?. The average molecular weight is 170 g/mol. The summed E-state index contributed by atoms with van der Waals surface area (Å²) in [5.74, 6) is 1.42. The van der Waals surface area contributed by atoms with Gasteiger partial charge < -0.3 is 15.7 Å². The van der Waals surface area contributed by atoms with Gasteiger partial charge in [0.2, 0.25) is 0 Å². The molecule has 2 rings (SSSR count). The van der Waals surface area contributed by atoms with Crippen LogP contribution in [0.15, 0.2) is 0 Å². The molecule has 12 heavy (non-hydrogen) atoms. The minimum absolute atomic E-state index is 0.208. The van der Waals surface area contributed by atoms with Crippen molar-refractivity contribution in [2.24, 2.45) is 11.8 Å². The summed E-state index contributed by atoms with van der Waals surface area (Å²) in [5.41, 5.74) is 0. The molecule has 0 aromatic rings. The van der Waals surface area contributed by atoms with Crippen molar-refractivity contribution in [2.75, 3.05) is 13.1 Å². The molecule has 4 heteroatoms. The Kier molecular flexibility index (Phi) is 1.92. The number of carbonyl (C=O) groups is 1. The summed E-state index contributed by atoms with van der Waals surface area (Å²) >= 11 is 0. The lowest BCUT2D eigenvalue weighted by molar-refractivity contribution is 0.189. The lowest BCUT2D eigenvalue weighted by atomic mass is 10.0. The van der Waals surface area contributed by atoms with Gasteiger partial charge in [-0.05, 0) is 37.8 Å². The Hall–Kier alpha value is -0.770. The van der Waals surface area contributed by atoms with Crippen LogP contribution in [0.2, 0.25) is 0 Å². The first-order valence-corrected chi connectivity index (χ1v) is 4.46. The third-order valence-corrected chi connectivity index (χ3v) is 2.98. The zero-order valence-corrected chi connectivity index (χ0v) is 6.92. The molecule has 0 radical (unpaired) electrons. The van der Waals surface area contributed by atoms with Gasteiger partial charge in [-0.1, -0.05) is 0 Å². The molecule has 1 amide bonds. The van der Waals surface area contributed by atoms with Crippen LogP contribution >= 0.6 is 0 Å². The molecule has 1 heterocycles. The van der Waals surface area contributed by atoms with Gasteiger partial charge in [0.25, 0.3) is 0 Å². The highest BCUT2D eigenvalue weighted by Crippen LogP contribution is 2.34. The number of carboxylic acid groups (broad SMARTS) is 1. The molecule has 0 spiro atoms. The lowest BCUT2D eigenvalue weighted by Crippen LogP contribution is -2.32. The van der Waals surface area contributed by atoms with Crippen LogP contribution in [-0.4, -0.2) is 30.3 Å². The SMILES string of the molecule is O=C(O)NC1C[C@H]2CNC[C@H]2C1. The third-order valence-electron chi connectivity index (χ3n) is 2.98. The molecule has 1 saturated carbocycles. The van der Waals surface area contributed by atoms with E-state index in [9.17, 15) is 4.79 Å². The summed E-state index contributed by atoms with van der Waals surface area (Å²) in [6.07, 6.45) is 1.15. The Labute approximate surface area is 71.3 Å². The maximum Gasteiger partial charge on any atom is 0.404 e. The van der Waals surface area contributed by atoms with E-state index < -0.39 is 6.09 Å². The second kappa shape index (κ2) is 2.94. The summed E-state index contributed by atoms with van der Waals surface area (Å²) in [7, 11) is 0. The molecular formula is C8H14N2O2. The van der Waals surface area contributed by atoms with Crippen molar-refractivity contribution in [3.8, 4) is 0 Å². The van der Waals surface area contributed by atoms with Gasteiger partial charge in [0.1, 0.15) is 0 Å². The largest absolute Gasteiger partial charge is 0.465 e. The van der Waals surface area contributed by atoms with Gasteiger partial charge in [-0.15, -0.1) is 0 Å². The van der Waals surface area contributed by atoms with E-state index in [4.69, 9.17) is 5.11 Å². The Morgan fingerprint density at radius 2 is 1.92 bits per heavy atom. The minimum Gasteiger partial charge on any atom is -0.465 e. The van der Waals surface area contributed by atoms with Crippen LogP contribution in [0.3, 0.4) is 0 Å². The fourth-order valence-electron chi connectivity index (χ4n) is 2.46. The molecule has 1 aliphatic heterocycles. The Morgan fingerprint density at radius 1 is 1.33 bits per heavy atom. The van der Waals surface area contributed by atoms with Crippen molar-refractivity contribution in [1.29, 1.82) is 0 Å². The van der Waals surface area contributed by atoms with Crippen molar-refractivity contribution >= 4 is 6.09 Å². The molecule has 1 saturated heterocycles. The van der Waals surface area contributed by atoms with Crippen molar-refractivity contribution in [1.82, 2.24) is 10.6 Å². The van der Waals surface area contributed by atoms with Crippen LogP contribution in [0.25, 0.3) is 0 Å². The van der Waals surface area contributed by atoms with Gasteiger partial charge >= 0.3 is 6.09 Å². The number of hydrogen-bond acceptors (Lipinski definition) is 2. The molecule has 0 bridgehead atoms. The third kappa shape index (κ3) is 1.39. The summed E-state index contributed by atoms with van der Waals surface area (Å²) in [6, 6.07) is 0.208. The van der Waals surface area contributed by atoms with E-state index in [0.717, 1.165) is 25.9 Å². The topological polar surface area (TPSA) is 61.4 Å². The van der Waals surface area contributed by atoms with Crippen LogP contribution < -0.4 is 10.6 Å². The Bertz CT molecular complexity index is 183. The molecule has 4 nitrogen and oxygen atoms in total. The zero-order chi connectivity index (χ0) is 8.55. The first-order chi connectivity index (χ1) is 5.75. The summed E-state index contributed by atoms with van der Waals surface area (Å²) in [5, 5.41) is 14.4. The highest BCUT2D eigenvalue weighted by Gasteiger charge is 2.37. The van der Waals surface area contributed by atoms with Gasteiger partial charge in [0.05, 0.1) is 0 Å². The molecule has 1 unspecified atom stereocenters. The molecule has 0 aromatic heterocycles. The molecule has 3 atom stereocenters. The first kappa shape index (κ1) is 7.86. The normalized spacial score (nSPS) is 39.5. The zero-order valence-electron chi connectivity index (χ0n) is 6.92. The quantitative estimate of drug-likeness (QED) is 0.528. The van der Waals surface area contributed by atoms with E-state index in [1.807, 2.05) is 0 Å². The van der Waals surface area contributed by atoms with Crippen molar-refractivity contribution in [3.63, 3.8) is 0 Å². The van der Waals surface area contributed by atoms with Gasteiger partial charge in [-0.2, -0.15) is 0 Å². The summed E-state index contributed by atoms with van der Waals surface area (Å²) < 4.78 is 0. The number of amides is 1. The Morgan fingerprint density at radius 3 is 2.42 bits per heavy atom. The Balaban J connectivity index is 1.86. The van der Waals surface area contributed by atoms with Gasteiger partial charge in [0, 0.05) is 6.04 Å². The molecule has 2 aliphatic rings. The van der Waals surface area contributed by atoms with Crippen LogP contribution in [-0.2, 0) is 0 Å². The van der Waals surface area contributed by atoms with Crippen LogP contribution in [0.4, 0.5) is 4.79 Å². The van der Waals surface area contributed by atoms with E-state index in [0.29, 0.717) is 11.8 Å². The van der Waals surface area contributed by atoms with Crippen LogP contribution in [0.1, 0.15) is 12.8 Å². The van der Waals surface area contributed by atoms with E-state index in [1.54, 1.807) is 0 Å². The van der Waals surface area contributed by atoms with Gasteiger partial charge in [-0.3, -0.25) is 0 Å². The van der Waals surface area contributed by atoms with Crippen LogP contribution in [0.5, 0.6) is 0 Å². The van der Waals surface area contributed by atoms with Crippen molar-refractivity contribution < 1.29 is 9.90 Å². The smallest absolute Gasteiger partial charge is 0.404 e. The predicted molar refractivity (Wildman–Crippen MR) is 44.0 cm³/mol. The highest BCUT2D eigenvalue weighted by molar-refractivity contribution is 5.64. The number of fused-ring (bicyclic) bond motifs is 1. The van der Waals surface area contributed by atoms with E-state index in [1.165, 1.54) is 0 Å².